The first-order chi connectivity index (χ1) is 9.72. The highest BCUT2D eigenvalue weighted by molar-refractivity contribution is 5.76. The number of nitrogens with zero attached hydrogens (tertiary/aromatic N) is 2. The van der Waals surface area contributed by atoms with Crippen molar-refractivity contribution in [1.82, 2.24) is 5.32 Å². The third-order valence-corrected chi connectivity index (χ3v) is 2.92. The minimum Gasteiger partial charge on any atom is -0.353 e. The van der Waals surface area contributed by atoms with Crippen LogP contribution in [-0.4, -0.2) is 34.8 Å². The molecular formula is C11H21N3O7. The smallest absolute Gasteiger partial charge is 0.294 e. The summed E-state index contributed by atoms with van der Waals surface area (Å²) >= 11 is 0. The zero-order chi connectivity index (χ0) is 16.4. The molecule has 1 N–H and O–H groups in total. The van der Waals surface area contributed by atoms with E-state index in [0.717, 1.165) is 0 Å². The second-order valence-corrected chi connectivity index (χ2v) is 4.96. The Morgan fingerprint density at radius 1 is 1.19 bits per heavy atom. The molecule has 2 unspecified atom stereocenters. The third kappa shape index (κ3) is 10.3. The predicted octanol–water partition coefficient (Wildman–Crippen LogP) is 1.10. The highest BCUT2D eigenvalue weighted by Gasteiger charge is 2.17. The molecule has 122 valence electrons. The number of carbonyl (C=O) groups is 1. The van der Waals surface area contributed by atoms with Crippen LogP contribution in [0.3, 0.4) is 0 Å². The Balaban J connectivity index is 4.08. The van der Waals surface area contributed by atoms with Crippen molar-refractivity contribution >= 4 is 5.91 Å². The van der Waals surface area contributed by atoms with Crippen molar-refractivity contribution in [3.05, 3.63) is 20.2 Å². The predicted molar refractivity (Wildman–Crippen MR) is 71.1 cm³/mol. The quantitative estimate of drug-likeness (QED) is 0.446. The average molecular weight is 307 g/mol. The van der Waals surface area contributed by atoms with Crippen LogP contribution in [0.15, 0.2) is 0 Å². The summed E-state index contributed by atoms with van der Waals surface area (Å²) in [6, 6.07) is 0.0288. The zero-order valence-electron chi connectivity index (χ0n) is 12.3. The third-order valence-electron chi connectivity index (χ3n) is 2.92. The van der Waals surface area contributed by atoms with E-state index in [9.17, 15) is 25.0 Å². The van der Waals surface area contributed by atoms with E-state index >= 15 is 0 Å². The molecule has 10 nitrogen and oxygen atoms in total. The fourth-order valence-corrected chi connectivity index (χ4v) is 1.42. The highest BCUT2D eigenvalue weighted by Crippen LogP contribution is 2.07. The largest absolute Gasteiger partial charge is 0.353 e. The molecule has 0 aliphatic rings. The molecule has 1 amide bonds. The molecule has 0 saturated heterocycles. The van der Waals surface area contributed by atoms with Gasteiger partial charge in [-0.3, -0.25) is 4.79 Å². The summed E-state index contributed by atoms with van der Waals surface area (Å²) in [6.07, 6.45) is -0.498. The Kier molecular flexibility index (Phi) is 8.74. The molecule has 0 aliphatic heterocycles. The summed E-state index contributed by atoms with van der Waals surface area (Å²) in [5.74, 6) is 0.124. The van der Waals surface area contributed by atoms with Crippen molar-refractivity contribution in [3.8, 4) is 0 Å². The standard InChI is InChI=1S/C11H21N3O7/c1-8(2)9(3)12-11(15)6-4-5-10(21-14(18)19)7-20-13(16)17/h8-10H,4-7H2,1-3H3,(H,12,15). The van der Waals surface area contributed by atoms with E-state index in [1.165, 1.54) is 0 Å². The molecule has 0 aromatic rings. The molecule has 2 atom stereocenters. The van der Waals surface area contributed by atoms with Gasteiger partial charge in [0, 0.05) is 12.5 Å². The molecule has 0 aromatic heterocycles. The Morgan fingerprint density at radius 3 is 2.29 bits per heavy atom. The first-order valence-electron chi connectivity index (χ1n) is 6.60. The Bertz CT molecular complexity index is 362. The van der Waals surface area contributed by atoms with Crippen molar-refractivity contribution < 1.29 is 24.6 Å². The second kappa shape index (κ2) is 9.72. The van der Waals surface area contributed by atoms with Crippen LogP contribution in [0.1, 0.15) is 40.0 Å². The van der Waals surface area contributed by atoms with Gasteiger partial charge in [-0.15, -0.1) is 20.2 Å². The van der Waals surface area contributed by atoms with E-state index in [0.29, 0.717) is 12.3 Å². The van der Waals surface area contributed by atoms with Gasteiger partial charge in [0.1, 0.15) is 12.7 Å². The maximum atomic E-state index is 11.6. The molecule has 21 heavy (non-hydrogen) atoms. The van der Waals surface area contributed by atoms with Gasteiger partial charge in [0.05, 0.1) is 0 Å². The number of hydrogen-bond acceptors (Lipinski definition) is 7. The molecule has 0 radical (unpaired) electrons. The lowest BCUT2D eigenvalue weighted by Crippen LogP contribution is -2.36. The van der Waals surface area contributed by atoms with Crippen LogP contribution in [0.25, 0.3) is 0 Å². The van der Waals surface area contributed by atoms with Gasteiger partial charge >= 0.3 is 0 Å². The average Bonchev–Trinajstić information content (AvgIpc) is 2.34. The van der Waals surface area contributed by atoms with E-state index < -0.39 is 22.9 Å². The molecule has 0 heterocycles. The summed E-state index contributed by atoms with van der Waals surface area (Å²) in [5.41, 5.74) is 0. The van der Waals surface area contributed by atoms with Crippen LogP contribution in [0.2, 0.25) is 0 Å². The summed E-state index contributed by atoms with van der Waals surface area (Å²) in [4.78, 5) is 40.2. The summed E-state index contributed by atoms with van der Waals surface area (Å²) in [7, 11) is 0. The maximum Gasteiger partial charge on any atom is 0.294 e. The summed E-state index contributed by atoms with van der Waals surface area (Å²) < 4.78 is 0. The zero-order valence-corrected chi connectivity index (χ0v) is 12.3. The normalized spacial score (nSPS) is 13.3. The monoisotopic (exact) mass is 307 g/mol. The summed E-state index contributed by atoms with van der Waals surface area (Å²) in [6.45, 7) is 5.28. The van der Waals surface area contributed by atoms with Crippen molar-refractivity contribution in [1.29, 1.82) is 0 Å². The van der Waals surface area contributed by atoms with Crippen molar-refractivity contribution in [2.75, 3.05) is 6.61 Å². The maximum absolute atomic E-state index is 11.6. The molecule has 10 heteroatoms. The van der Waals surface area contributed by atoms with Gasteiger partial charge in [0.25, 0.3) is 10.2 Å². The Morgan fingerprint density at radius 2 is 1.81 bits per heavy atom. The molecule has 0 aliphatic carbocycles. The first kappa shape index (κ1) is 18.9. The van der Waals surface area contributed by atoms with E-state index in [1.54, 1.807) is 0 Å². The van der Waals surface area contributed by atoms with Gasteiger partial charge in [-0.05, 0) is 25.7 Å². The number of hydrogen-bond donors (Lipinski definition) is 1. The van der Waals surface area contributed by atoms with Crippen molar-refractivity contribution in [2.24, 2.45) is 5.92 Å². The molecule has 0 saturated carbocycles. The Hall–Kier alpha value is -2.13. The van der Waals surface area contributed by atoms with Crippen LogP contribution in [0.5, 0.6) is 0 Å². The molecular weight excluding hydrogens is 286 g/mol. The van der Waals surface area contributed by atoms with E-state index in [4.69, 9.17) is 0 Å². The first-order valence-corrected chi connectivity index (χ1v) is 6.60. The summed E-state index contributed by atoms with van der Waals surface area (Å²) in [5, 5.41) is 21.0. The van der Waals surface area contributed by atoms with Gasteiger partial charge in [0.15, 0.2) is 0 Å². The van der Waals surface area contributed by atoms with Crippen LogP contribution in [0.4, 0.5) is 0 Å². The number of carbonyl (C=O) groups excluding carboxylic acids is 1. The lowest BCUT2D eigenvalue weighted by atomic mass is 10.1. The minimum atomic E-state index is -1.07. The molecule has 0 rings (SSSR count). The molecule has 0 bridgehead atoms. The van der Waals surface area contributed by atoms with Gasteiger partial charge < -0.3 is 15.0 Å². The van der Waals surface area contributed by atoms with Crippen LogP contribution in [0, 0.1) is 26.1 Å². The van der Waals surface area contributed by atoms with Crippen molar-refractivity contribution in [2.45, 2.75) is 52.2 Å². The van der Waals surface area contributed by atoms with Gasteiger partial charge in [-0.1, -0.05) is 13.8 Å². The molecule has 0 aromatic carbocycles. The van der Waals surface area contributed by atoms with Gasteiger partial charge in [0.2, 0.25) is 5.91 Å². The SMILES string of the molecule is CC(C)C(C)NC(=O)CCCC(CO[N+](=O)[O-])O[N+](=O)[O-]. The van der Waals surface area contributed by atoms with Gasteiger partial charge in [-0.2, -0.15) is 0 Å². The fraction of sp³-hybridized carbons (Fsp3) is 0.909. The number of amides is 1. The van der Waals surface area contributed by atoms with E-state index in [2.05, 4.69) is 15.0 Å². The van der Waals surface area contributed by atoms with E-state index in [1.807, 2.05) is 20.8 Å². The lowest BCUT2D eigenvalue weighted by molar-refractivity contribution is -0.790. The fourth-order valence-electron chi connectivity index (χ4n) is 1.42. The second-order valence-electron chi connectivity index (χ2n) is 4.96. The molecule has 0 fully saturated rings. The van der Waals surface area contributed by atoms with Crippen molar-refractivity contribution in [3.63, 3.8) is 0 Å². The highest BCUT2D eigenvalue weighted by atomic mass is 17.0. The van der Waals surface area contributed by atoms with Gasteiger partial charge in [-0.25, -0.2) is 0 Å². The van der Waals surface area contributed by atoms with E-state index in [-0.39, 0.29) is 24.8 Å². The van der Waals surface area contributed by atoms with Crippen LogP contribution >= 0.6 is 0 Å². The number of rotatable bonds is 11. The molecule has 0 spiro atoms. The Labute approximate surface area is 122 Å². The lowest BCUT2D eigenvalue weighted by Gasteiger charge is -2.18. The topological polar surface area (TPSA) is 134 Å². The van der Waals surface area contributed by atoms with Crippen LogP contribution in [-0.2, 0) is 14.5 Å². The number of nitrogens with one attached hydrogen (secondary N) is 1. The minimum absolute atomic E-state index is 0.0288. The van der Waals surface area contributed by atoms with Crippen LogP contribution < -0.4 is 5.32 Å².